The van der Waals surface area contributed by atoms with Crippen molar-refractivity contribution in [1.29, 1.82) is 0 Å². The molecular weight excluding hydrogens is 471 g/mol. The van der Waals surface area contributed by atoms with E-state index in [1.165, 1.54) is 27.7 Å². The van der Waals surface area contributed by atoms with Gasteiger partial charge < -0.3 is 9.47 Å². The van der Waals surface area contributed by atoms with E-state index >= 15 is 4.39 Å². The van der Waals surface area contributed by atoms with Gasteiger partial charge in [-0.15, -0.1) is 0 Å². The van der Waals surface area contributed by atoms with Crippen molar-refractivity contribution < 1.29 is 4.39 Å². The first-order chi connectivity index (χ1) is 18.6. The molecule has 0 N–H and O–H groups in total. The first-order valence-electron chi connectivity index (χ1n) is 13.4. The summed E-state index contributed by atoms with van der Waals surface area (Å²) >= 11 is 0. The molecule has 3 heterocycles. The third-order valence-corrected chi connectivity index (χ3v) is 7.54. The van der Waals surface area contributed by atoms with Crippen LogP contribution in [0.5, 0.6) is 0 Å². The Bertz CT molecular complexity index is 1540. The van der Waals surface area contributed by atoms with Gasteiger partial charge >= 0.3 is 0 Å². The standard InChI is InChI=1S/C33H33FN4/c1-36-15-13-25-6-4-9-28(18-25)33-20-29-8-2-3-10-32(29)38(33)17-16-37(23-27-7-5-14-35-21-27)24-30-19-26(22-36)11-12-31(30)34/h2-12,14,18-21H,13,15-17,22-24H2,1H3. The van der Waals surface area contributed by atoms with Crippen LogP contribution < -0.4 is 0 Å². The van der Waals surface area contributed by atoms with E-state index in [1.807, 2.05) is 24.4 Å². The van der Waals surface area contributed by atoms with Crippen molar-refractivity contribution in [2.24, 2.45) is 0 Å². The maximum Gasteiger partial charge on any atom is 0.127 e. The third-order valence-electron chi connectivity index (χ3n) is 7.54. The number of fused-ring (bicyclic) bond motifs is 8. The van der Waals surface area contributed by atoms with Gasteiger partial charge in [-0.3, -0.25) is 9.88 Å². The van der Waals surface area contributed by atoms with Crippen molar-refractivity contribution in [3.63, 3.8) is 0 Å². The molecule has 0 saturated carbocycles. The van der Waals surface area contributed by atoms with Crippen molar-refractivity contribution in [2.75, 3.05) is 20.1 Å². The fourth-order valence-electron chi connectivity index (χ4n) is 5.58. The third kappa shape index (κ3) is 5.40. The second kappa shape index (κ2) is 10.9. The maximum atomic E-state index is 15.1. The SMILES string of the molecule is CN1CCc2cccc(c2)-c2cc3ccccc3n2CCN(Cc2cccnc2)Cc2cc(ccc2F)C1. The zero-order chi connectivity index (χ0) is 25.9. The molecule has 38 heavy (non-hydrogen) atoms. The van der Waals surface area contributed by atoms with E-state index in [-0.39, 0.29) is 5.82 Å². The Kier molecular flexibility index (Phi) is 7.04. The van der Waals surface area contributed by atoms with Crippen LogP contribution in [0.15, 0.2) is 97.3 Å². The van der Waals surface area contributed by atoms with Crippen LogP contribution in [0.2, 0.25) is 0 Å². The second-order valence-electron chi connectivity index (χ2n) is 10.4. The van der Waals surface area contributed by atoms with Gasteiger partial charge in [-0.05, 0) is 66.1 Å². The summed E-state index contributed by atoms with van der Waals surface area (Å²) < 4.78 is 17.5. The van der Waals surface area contributed by atoms with Crippen molar-refractivity contribution in [3.8, 4) is 11.3 Å². The average Bonchev–Trinajstić information content (AvgIpc) is 3.31. The highest BCUT2D eigenvalue weighted by Gasteiger charge is 2.16. The minimum absolute atomic E-state index is 0.143. The predicted molar refractivity (Wildman–Crippen MR) is 152 cm³/mol. The lowest BCUT2D eigenvalue weighted by molar-refractivity contribution is 0.243. The summed E-state index contributed by atoms with van der Waals surface area (Å²) in [4.78, 5) is 8.97. The number of nitrogens with zero attached hydrogens (tertiary/aromatic N) is 4. The topological polar surface area (TPSA) is 24.3 Å². The predicted octanol–water partition coefficient (Wildman–Crippen LogP) is 6.53. The lowest BCUT2D eigenvalue weighted by Crippen LogP contribution is -2.28. The highest BCUT2D eigenvalue weighted by Crippen LogP contribution is 2.29. The number of para-hydroxylation sites is 1. The molecule has 4 nitrogen and oxygen atoms in total. The summed E-state index contributed by atoms with van der Waals surface area (Å²) in [6.07, 6.45) is 4.67. The maximum absolute atomic E-state index is 15.1. The Labute approximate surface area is 224 Å². The van der Waals surface area contributed by atoms with Crippen molar-refractivity contribution >= 4 is 10.9 Å². The summed E-state index contributed by atoms with van der Waals surface area (Å²) in [5.74, 6) is -0.143. The lowest BCUT2D eigenvalue weighted by atomic mass is 10.0. The number of halogens is 1. The van der Waals surface area contributed by atoms with Crippen LogP contribution >= 0.6 is 0 Å². The molecule has 3 aromatic carbocycles. The summed E-state index contributed by atoms with van der Waals surface area (Å²) in [5, 5.41) is 1.24. The zero-order valence-corrected chi connectivity index (χ0v) is 21.9. The molecule has 0 amide bonds. The fraction of sp³-hybridized carbons (Fsp3) is 0.242. The molecule has 1 aliphatic heterocycles. The molecule has 0 spiro atoms. The van der Waals surface area contributed by atoms with Gasteiger partial charge in [-0.2, -0.15) is 0 Å². The van der Waals surface area contributed by atoms with Gasteiger partial charge in [0.1, 0.15) is 5.82 Å². The number of pyridine rings is 1. The fourth-order valence-corrected chi connectivity index (χ4v) is 5.58. The zero-order valence-electron chi connectivity index (χ0n) is 21.9. The average molecular weight is 505 g/mol. The number of rotatable bonds is 2. The Morgan fingerprint density at radius 1 is 0.816 bits per heavy atom. The van der Waals surface area contributed by atoms with E-state index in [4.69, 9.17) is 0 Å². The van der Waals surface area contributed by atoms with E-state index in [1.54, 1.807) is 12.3 Å². The number of likely N-dealkylation sites (N-methyl/N-ethyl adjacent to an activating group) is 1. The van der Waals surface area contributed by atoms with Gasteiger partial charge in [0.2, 0.25) is 0 Å². The van der Waals surface area contributed by atoms with Gasteiger partial charge in [0.15, 0.2) is 0 Å². The molecule has 0 saturated heterocycles. The van der Waals surface area contributed by atoms with Crippen molar-refractivity contribution in [2.45, 2.75) is 32.6 Å². The summed E-state index contributed by atoms with van der Waals surface area (Å²) in [6, 6.07) is 29.5. The molecule has 1 aliphatic rings. The smallest absolute Gasteiger partial charge is 0.127 e. The van der Waals surface area contributed by atoms with Crippen LogP contribution in [0.25, 0.3) is 22.2 Å². The molecule has 2 aromatic heterocycles. The molecule has 0 aliphatic carbocycles. The monoisotopic (exact) mass is 504 g/mol. The van der Waals surface area contributed by atoms with E-state index in [2.05, 4.69) is 87.1 Å². The van der Waals surface area contributed by atoms with Crippen molar-refractivity contribution in [3.05, 3.63) is 125 Å². The van der Waals surface area contributed by atoms with Crippen LogP contribution in [0.4, 0.5) is 4.39 Å². The van der Waals surface area contributed by atoms with Crippen LogP contribution in [0.3, 0.4) is 0 Å². The van der Waals surface area contributed by atoms with Gasteiger partial charge in [-0.1, -0.05) is 54.6 Å². The Morgan fingerprint density at radius 2 is 1.74 bits per heavy atom. The van der Waals surface area contributed by atoms with E-state index in [0.29, 0.717) is 13.1 Å². The largest absolute Gasteiger partial charge is 0.339 e. The quantitative estimate of drug-likeness (QED) is 0.273. The van der Waals surface area contributed by atoms with Crippen LogP contribution in [0, 0.1) is 5.82 Å². The summed E-state index contributed by atoms with van der Waals surface area (Å²) in [6.45, 7) is 4.57. The number of hydrogen-bond donors (Lipinski definition) is 0. The number of benzene rings is 3. The Balaban J connectivity index is 1.43. The number of hydrogen-bond acceptors (Lipinski definition) is 3. The van der Waals surface area contributed by atoms with Crippen LogP contribution in [-0.2, 0) is 32.6 Å². The van der Waals surface area contributed by atoms with Gasteiger partial charge in [0.25, 0.3) is 0 Å². The minimum atomic E-state index is -0.143. The lowest BCUT2D eigenvalue weighted by Gasteiger charge is -2.25. The van der Waals surface area contributed by atoms with Crippen LogP contribution in [-0.4, -0.2) is 39.5 Å². The van der Waals surface area contributed by atoms with E-state index < -0.39 is 0 Å². The first kappa shape index (κ1) is 24.5. The molecule has 0 atom stereocenters. The highest BCUT2D eigenvalue weighted by atomic mass is 19.1. The molecular formula is C33H33FN4. The van der Waals surface area contributed by atoms with E-state index in [9.17, 15) is 0 Å². The molecule has 192 valence electrons. The summed E-state index contributed by atoms with van der Waals surface area (Å²) in [5.41, 5.74) is 8.04. The molecule has 4 bridgehead atoms. The molecule has 5 heteroatoms. The Morgan fingerprint density at radius 3 is 2.63 bits per heavy atom. The highest BCUT2D eigenvalue weighted by molar-refractivity contribution is 5.87. The van der Waals surface area contributed by atoms with Gasteiger partial charge in [-0.25, -0.2) is 4.39 Å². The molecule has 0 unspecified atom stereocenters. The molecule has 0 fully saturated rings. The second-order valence-corrected chi connectivity index (χ2v) is 10.4. The van der Waals surface area contributed by atoms with Gasteiger partial charge in [0, 0.05) is 73.8 Å². The minimum Gasteiger partial charge on any atom is -0.339 e. The normalized spacial score (nSPS) is 15.4. The molecule has 5 aromatic rings. The van der Waals surface area contributed by atoms with Crippen LogP contribution in [0.1, 0.15) is 22.3 Å². The molecule has 0 radical (unpaired) electrons. The Hall–Kier alpha value is -3.80. The summed E-state index contributed by atoms with van der Waals surface area (Å²) in [7, 11) is 2.14. The molecule has 6 rings (SSSR count). The number of aromatic nitrogens is 2. The first-order valence-corrected chi connectivity index (χ1v) is 13.4. The van der Waals surface area contributed by atoms with Gasteiger partial charge in [0.05, 0.1) is 0 Å². The van der Waals surface area contributed by atoms with E-state index in [0.717, 1.165) is 49.3 Å². The van der Waals surface area contributed by atoms with Crippen molar-refractivity contribution in [1.82, 2.24) is 19.4 Å².